The molecule has 0 aromatic rings. The summed E-state index contributed by atoms with van der Waals surface area (Å²) in [5, 5.41) is 63.4. The number of aliphatic hydroxyl groups is 6. The van der Waals surface area contributed by atoms with Gasteiger partial charge >= 0.3 is 0 Å². The molecule has 0 radical (unpaired) electrons. The van der Waals surface area contributed by atoms with Gasteiger partial charge < -0.3 is 35.4 Å². The molecular formula is C45H84O7. The Morgan fingerprint density at radius 3 is 1.33 bits per heavy atom. The van der Waals surface area contributed by atoms with Gasteiger partial charge in [-0.1, -0.05) is 34.9 Å². The summed E-state index contributed by atoms with van der Waals surface area (Å²) in [6.07, 6.45) is 23.2. The second kappa shape index (κ2) is 22.5. The third-order valence-electron chi connectivity index (χ3n) is 11.7. The van der Waals surface area contributed by atoms with Crippen molar-refractivity contribution >= 4 is 0 Å². The van der Waals surface area contributed by atoms with Crippen molar-refractivity contribution in [2.75, 3.05) is 6.61 Å². The first-order valence-corrected chi connectivity index (χ1v) is 20.8. The van der Waals surface area contributed by atoms with Gasteiger partial charge in [0.1, 0.15) is 0 Å². The Hall–Kier alpha value is -1.06. The molecule has 306 valence electrons. The molecule has 0 unspecified atom stereocenters. The van der Waals surface area contributed by atoms with E-state index in [4.69, 9.17) is 9.84 Å². The molecule has 7 nitrogen and oxygen atoms in total. The third-order valence-corrected chi connectivity index (χ3v) is 11.7. The van der Waals surface area contributed by atoms with Gasteiger partial charge in [0, 0.05) is 0 Å². The summed E-state index contributed by atoms with van der Waals surface area (Å²) < 4.78 is 6.20. The minimum atomic E-state index is -0.840. The van der Waals surface area contributed by atoms with Crippen LogP contribution >= 0.6 is 0 Å². The second-order valence-corrected chi connectivity index (χ2v) is 18.9. The van der Waals surface area contributed by atoms with E-state index in [1.807, 2.05) is 33.8 Å². The zero-order valence-corrected chi connectivity index (χ0v) is 35.5. The largest absolute Gasteiger partial charge is 0.392 e. The highest BCUT2D eigenvalue weighted by Crippen LogP contribution is 2.39. The number of aliphatic hydroxyl groups excluding tert-OH is 1. The number of rotatable bonds is 28. The maximum atomic E-state index is 11.0. The van der Waals surface area contributed by atoms with Gasteiger partial charge in [-0.3, -0.25) is 0 Å². The highest BCUT2D eigenvalue weighted by atomic mass is 16.5. The first-order chi connectivity index (χ1) is 23.9. The average Bonchev–Trinajstić information content (AvgIpc) is 3.39. The second-order valence-electron chi connectivity index (χ2n) is 18.9. The highest BCUT2D eigenvalue weighted by molar-refractivity contribution is 5.06. The lowest BCUT2D eigenvalue weighted by molar-refractivity contribution is -0.119. The van der Waals surface area contributed by atoms with Crippen LogP contribution in [-0.2, 0) is 4.74 Å². The predicted molar refractivity (Wildman–Crippen MR) is 217 cm³/mol. The van der Waals surface area contributed by atoms with Crippen molar-refractivity contribution in [3.05, 3.63) is 34.9 Å². The van der Waals surface area contributed by atoms with E-state index in [1.54, 1.807) is 13.8 Å². The minimum Gasteiger partial charge on any atom is -0.392 e. The SMILES string of the molecule is C/C(=C\CO)CC/C=C(\C)CC/C=C(\C)CCC[C@](C)(O)CCC[C@](C)(O)CCC[C@](C)(O)CCC[C@](C)(O)CCC[C@]1(C)CC[C@H](C(C)(C)O)O1. The Kier molecular flexibility index (Phi) is 21.2. The first kappa shape index (κ1) is 49.0. The van der Waals surface area contributed by atoms with Crippen LogP contribution in [0.15, 0.2) is 34.9 Å². The fourth-order valence-corrected chi connectivity index (χ4v) is 7.77. The van der Waals surface area contributed by atoms with Gasteiger partial charge in [-0.2, -0.15) is 0 Å². The molecule has 0 spiro atoms. The maximum absolute atomic E-state index is 11.0. The van der Waals surface area contributed by atoms with Crippen LogP contribution in [0.3, 0.4) is 0 Å². The standard InChI is InChI=1S/C45H84O7/c1-36(19-12-21-38(3)24-35-46)18-11-20-37(2)22-13-25-41(6,48)26-14-27-42(7,49)28-15-29-43(8,50)30-16-31-44(9,51)32-17-33-45(10)34-23-39(52-45)40(4,5)47/h19-20,24,39,46-51H,11-18,21-23,25-35H2,1-10H3/b36-19+,37-20+,38-24+/t39-,41+,42+,43+,44+,45-/m1/s1. The molecule has 1 fully saturated rings. The van der Waals surface area contributed by atoms with E-state index in [0.717, 1.165) is 89.9 Å². The topological polar surface area (TPSA) is 131 Å². The molecule has 6 N–H and O–H groups in total. The smallest absolute Gasteiger partial charge is 0.0864 e. The normalized spacial score (nSPS) is 24.0. The number of hydrogen-bond donors (Lipinski definition) is 6. The fraction of sp³-hybridized carbons (Fsp3) is 0.867. The van der Waals surface area contributed by atoms with Gasteiger partial charge in [0.05, 0.1) is 46.3 Å². The summed E-state index contributed by atoms with van der Waals surface area (Å²) in [5.41, 5.74) is -0.291. The summed E-state index contributed by atoms with van der Waals surface area (Å²) in [6, 6.07) is 0. The van der Waals surface area contributed by atoms with Gasteiger partial charge in [-0.15, -0.1) is 0 Å². The fourth-order valence-electron chi connectivity index (χ4n) is 7.77. The van der Waals surface area contributed by atoms with Crippen molar-refractivity contribution in [2.24, 2.45) is 0 Å². The number of hydrogen-bond acceptors (Lipinski definition) is 7. The molecule has 0 aromatic heterocycles. The predicted octanol–water partition coefficient (Wildman–Crippen LogP) is 9.94. The Bertz CT molecular complexity index is 1090. The first-order valence-electron chi connectivity index (χ1n) is 20.8. The Labute approximate surface area is 320 Å². The van der Waals surface area contributed by atoms with E-state index in [0.29, 0.717) is 44.9 Å². The van der Waals surface area contributed by atoms with Gasteiger partial charge in [0.2, 0.25) is 0 Å². The molecule has 52 heavy (non-hydrogen) atoms. The summed E-state index contributed by atoms with van der Waals surface area (Å²) in [4.78, 5) is 0. The molecule has 7 heteroatoms. The summed E-state index contributed by atoms with van der Waals surface area (Å²) >= 11 is 0. The van der Waals surface area contributed by atoms with Crippen LogP contribution in [0.4, 0.5) is 0 Å². The van der Waals surface area contributed by atoms with Gasteiger partial charge in [-0.05, 0) is 204 Å². The molecule has 1 rings (SSSR count). The molecule has 0 amide bonds. The monoisotopic (exact) mass is 737 g/mol. The summed E-state index contributed by atoms with van der Waals surface area (Å²) in [6.45, 7) is 19.8. The van der Waals surface area contributed by atoms with Crippen LogP contribution in [0.2, 0.25) is 0 Å². The lowest BCUT2D eigenvalue weighted by Gasteiger charge is -2.32. The van der Waals surface area contributed by atoms with Crippen molar-refractivity contribution in [1.82, 2.24) is 0 Å². The quantitative estimate of drug-likeness (QED) is 0.0441. The van der Waals surface area contributed by atoms with Crippen molar-refractivity contribution in [3.63, 3.8) is 0 Å². The van der Waals surface area contributed by atoms with Crippen molar-refractivity contribution < 1.29 is 35.4 Å². The molecule has 0 aliphatic carbocycles. The maximum Gasteiger partial charge on any atom is 0.0864 e. The lowest BCUT2D eigenvalue weighted by Crippen LogP contribution is -2.38. The van der Waals surface area contributed by atoms with Crippen LogP contribution in [0.25, 0.3) is 0 Å². The van der Waals surface area contributed by atoms with E-state index >= 15 is 0 Å². The van der Waals surface area contributed by atoms with Crippen molar-refractivity contribution in [2.45, 2.75) is 244 Å². The molecule has 1 saturated heterocycles. The number of ether oxygens (including phenoxy) is 1. The molecule has 1 aliphatic heterocycles. The lowest BCUT2D eigenvalue weighted by atomic mass is 9.84. The third kappa shape index (κ3) is 23.0. The van der Waals surface area contributed by atoms with E-state index in [2.05, 4.69) is 39.8 Å². The Balaban J connectivity index is 2.27. The van der Waals surface area contributed by atoms with Crippen molar-refractivity contribution in [1.29, 1.82) is 0 Å². The minimum absolute atomic E-state index is 0.115. The van der Waals surface area contributed by atoms with Crippen LogP contribution in [0.1, 0.15) is 204 Å². The van der Waals surface area contributed by atoms with E-state index in [-0.39, 0.29) is 18.3 Å². The van der Waals surface area contributed by atoms with E-state index in [1.165, 1.54) is 16.7 Å². The summed E-state index contributed by atoms with van der Waals surface area (Å²) in [5.74, 6) is 0. The van der Waals surface area contributed by atoms with Gasteiger partial charge in [-0.25, -0.2) is 0 Å². The van der Waals surface area contributed by atoms with E-state index < -0.39 is 28.0 Å². The van der Waals surface area contributed by atoms with Crippen LogP contribution in [0, 0.1) is 0 Å². The Morgan fingerprint density at radius 2 is 0.942 bits per heavy atom. The molecule has 6 atom stereocenters. The van der Waals surface area contributed by atoms with Crippen LogP contribution in [0.5, 0.6) is 0 Å². The average molecular weight is 737 g/mol. The zero-order chi connectivity index (χ0) is 39.7. The summed E-state index contributed by atoms with van der Waals surface area (Å²) in [7, 11) is 0. The molecule has 0 aromatic carbocycles. The van der Waals surface area contributed by atoms with Gasteiger partial charge in [0.25, 0.3) is 0 Å². The Morgan fingerprint density at radius 1 is 0.577 bits per heavy atom. The van der Waals surface area contributed by atoms with E-state index in [9.17, 15) is 25.5 Å². The molecule has 1 heterocycles. The van der Waals surface area contributed by atoms with Crippen molar-refractivity contribution in [3.8, 4) is 0 Å². The molecular weight excluding hydrogens is 652 g/mol. The number of allylic oxidation sites excluding steroid dienone is 5. The molecule has 1 aliphatic rings. The van der Waals surface area contributed by atoms with Crippen LogP contribution in [-0.4, -0.2) is 77.0 Å². The molecule has 0 saturated carbocycles. The van der Waals surface area contributed by atoms with Crippen LogP contribution < -0.4 is 0 Å². The highest BCUT2D eigenvalue weighted by Gasteiger charge is 2.42. The molecule has 0 bridgehead atoms. The zero-order valence-electron chi connectivity index (χ0n) is 35.5. The van der Waals surface area contributed by atoms with Gasteiger partial charge in [0.15, 0.2) is 0 Å².